The summed E-state index contributed by atoms with van der Waals surface area (Å²) in [4.78, 5) is 32.8. The monoisotopic (exact) mass is 404 g/mol. The Balaban J connectivity index is 1.96. The third-order valence-electron chi connectivity index (χ3n) is 4.88. The molecule has 1 unspecified atom stereocenters. The summed E-state index contributed by atoms with van der Waals surface area (Å²) >= 11 is 6.01. The number of nitrogens with two attached hydrogens (primary N) is 1. The molecule has 0 bridgehead atoms. The van der Waals surface area contributed by atoms with Crippen molar-refractivity contribution in [2.24, 2.45) is 0 Å². The second kappa shape index (κ2) is 8.14. The fourth-order valence-corrected chi connectivity index (χ4v) is 3.53. The quantitative estimate of drug-likeness (QED) is 0.848. The molecule has 1 aromatic heterocycles. The lowest BCUT2D eigenvalue weighted by Gasteiger charge is -2.39. The topological polar surface area (TPSA) is 79.5 Å². The van der Waals surface area contributed by atoms with E-state index in [0.29, 0.717) is 30.6 Å². The number of nitrogen functional groups attached to an aromatic ring is 1. The van der Waals surface area contributed by atoms with Crippen molar-refractivity contribution in [2.45, 2.75) is 25.8 Å². The van der Waals surface area contributed by atoms with Crippen molar-refractivity contribution in [3.05, 3.63) is 46.9 Å². The van der Waals surface area contributed by atoms with Crippen LogP contribution in [-0.2, 0) is 4.79 Å². The van der Waals surface area contributed by atoms with E-state index in [0.717, 1.165) is 6.42 Å². The Bertz CT molecular complexity index is 921. The van der Waals surface area contributed by atoms with Crippen LogP contribution in [0.1, 0.15) is 30.1 Å². The Kier molecular flexibility index (Phi) is 5.84. The summed E-state index contributed by atoms with van der Waals surface area (Å²) < 4.78 is 14.3. The molecular formula is C20H22ClFN4O2. The van der Waals surface area contributed by atoms with Gasteiger partial charge >= 0.3 is 0 Å². The van der Waals surface area contributed by atoms with E-state index in [4.69, 9.17) is 17.3 Å². The van der Waals surface area contributed by atoms with Crippen molar-refractivity contribution >= 4 is 29.2 Å². The van der Waals surface area contributed by atoms with Crippen molar-refractivity contribution in [1.82, 2.24) is 14.8 Å². The molecule has 1 atom stereocenters. The van der Waals surface area contributed by atoms with Gasteiger partial charge in [-0.2, -0.15) is 0 Å². The van der Waals surface area contributed by atoms with Crippen LogP contribution < -0.4 is 5.73 Å². The van der Waals surface area contributed by atoms with Gasteiger partial charge in [0.25, 0.3) is 5.91 Å². The second-order valence-corrected chi connectivity index (χ2v) is 7.29. The zero-order chi connectivity index (χ0) is 20.4. The Labute approximate surface area is 168 Å². The average Bonchev–Trinajstić information content (AvgIpc) is 2.67. The van der Waals surface area contributed by atoms with E-state index in [2.05, 4.69) is 4.98 Å². The summed E-state index contributed by atoms with van der Waals surface area (Å²) in [5, 5.41) is 0.252. The molecule has 2 aromatic rings. The van der Waals surface area contributed by atoms with Crippen molar-refractivity contribution in [3.8, 4) is 11.1 Å². The fraction of sp³-hybridized carbons (Fsp3) is 0.350. The van der Waals surface area contributed by atoms with Gasteiger partial charge in [0.2, 0.25) is 5.91 Å². The fourth-order valence-electron chi connectivity index (χ4n) is 3.36. The summed E-state index contributed by atoms with van der Waals surface area (Å²) in [5.74, 6) is -0.833. The van der Waals surface area contributed by atoms with Crippen molar-refractivity contribution in [3.63, 3.8) is 0 Å². The minimum absolute atomic E-state index is 0.0902. The SMILES string of the molecule is CCCC1C(=O)N(C)CCN1C(=O)c1cc(F)cc(-c2cnc(N)c(Cl)c2)c1. The molecule has 1 saturated heterocycles. The van der Waals surface area contributed by atoms with Crippen LogP contribution in [0.2, 0.25) is 5.02 Å². The summed E-state index contributed by atoms with van der Waals surface area (Å²) in [7, 11) is 1.73. The first-order valence-electron chi connectivity index (χ1n) is 9.09. The van der Waals surface area contributed by atoms with Gasteiger partial charge in [-0.05, 0) is 36.2 Å². The average molecular weight is 405 g/mol. The number of hydrogen-bond donors (Lipinski definition) is 1. The molecule has 28 heavy (non-hydrogen) atoms. The normalized spacial score (nSPS) is 17.1. The number of carbonyl (C=O) groups is 2. The number of rotatable bonds is 4. The number of benzene rings is 1. The highest BCUT2D eigenvalue weighted by molar-refractivity contribution is 6.33. The number of pyridine rings is 1. The van der Waals surface area contributed by atoms with Crippen molar-refractivity contribution < 1.29 is 14.0 Å². The summed E-state index contributed by atoms with van der Waals surface area (Å²) in [6, 6.07) is 5.12. The van der Waals surface area contributed by atoms with Gasteiger partial charge in [0, 0.05) is 37.5 Å². The minimum atomic E-state index is -0.554. The van der Waals surface area contributed by atoms with Gasteiger partial charge in [-0.1, -0.05) is 24.9 Å². The third-order valence-corrected chi connectivity index (χ3v) is 5.19. The van der Waals surface area contributed by atoms with Crippen molar-refractivity contribution in [1.29, 1.82) is 0 Å². The van der Waals surface area contributed by atoms with E-state index in [1.54, 1.807) is 29.0 Å². The second-order valence-electron chi connectivity index (χ2n) is 6.88. The van der Waals surface area contributed by atoms with Crippen LogP contribution in [0.5, 0.6) is 0 Å². The molecule has 0 aliphatic carbocycles. The van der Waals surface area contributed by atoms with Crippen LogP contribution in [0.15, 0.2) is 30.5 Å². The molecule has 1 fully saturated rings. The van der Waals surface area contributed by atoms with Gasteiger partial charge in [-0.15, -0.1) is 0 Å². The highest BCUT2D eigenvalue weighted by atomic mass is 35.5. The van der Waals surface area contributed by atoms with Crippen molar-refractivity contribution in [2.75, 3.05) is 25.9 Å². The minimum Gasteiger partial charge on any atom is -0.382 e. The number of hydrogen-bond acceptors (Lipinski definition) is 4. The van der Waals surface area contributed by atoms with Gasteiger partial charge in [-0.3, -0.25) is 9.59 Å². The lowest BCUT2D eigenvalue weighted by molar-refractivity contribution is -0.138. The number of carbonyl (C=O) groups excluding carboxylic acids is 2. The molecule has 6 nitrogen and oxygen atoms in total. The molecule has 2 amide bonds. The maximum atomic E-state index is 14.3. The third kappa shape index (κ3) is 3.94. The van der Waals surface area contributed by atoms with E-state index in [1.807, 2.05) is 6.92 Å². The zero-order valence-electron chi connectivity index (χ0n) is 15.8. The predicted octanol–water partition coefficient (Wildman–Crippen LogP) is 3.21. The largest absolute Gasteiger partial charge is 0.382 e. The van der Waals surface area contributed by atoms with Crippen LogP contribution in [0.3, 0.4) is 0 Å². The first-order chi connectivity index (χ1) is 13.3. The number of likely N-dealkylation sites (N-methyl/N-ethyl adjacent to an activating group) is 1. The first kappa shape index (κ1) is 20.1. The van der Waals surface area contributed by atoms with E-state index in [-0.39, 0.29) is 28.2 Å². The molecule has 2 N–H and O–H groups in total. The molecule has 1 aliphatic heterocycles. The van der Waals surface area contributed by atoms with Gasteiger partial charge < -0.3 is 15.5 Å². The zero-order valence-corrected chi connectivity index (χ0v) is 16.5. The number of nitrogens with zero attached hydrogens (tertiary/aromatic N) is 3. The Morgan fingerprint density at radius 2 is 2.04 bits per heavy atom. The molecule has 8 heteroatoms. The molecule has 148 valence electrons. The summed E-state index contributed by atoms with van der Waals surface area (Å²) in [6.07, 6.45) is 2.80. The van der Waals surface area contributed by atoms with Gasteiger partial charge in [0.15, 0.2) is 0 Å². The Morgan fingerprint density at radius 1 is 1.29 bits per heavy atom. The van der Waals surface area contributed by atoms with Crippen LogP contribution >= 0.6 is 11.6 Å². The van der Waals surface area contributed by atoms with Crippen LogP contribution in [0.25, 0.3) is 11.1 Å². The number of amides is 2. The number of anilines is 1. The highest BCUT2D eigenvalue weighted by Gasteiger charge is 2.35. The molecule has 0 radical (unpaired) electrons. The molecule has 3 rings (SSSR count). The maximum absolute atomic E-state index is 14.3. The molecule has 2 heterocycles. The highest BCUT2D eigenvalue weighted by Crippen LogP contribution is 2.28. The van der Waals surface area contributed by atoms with Crippen LogP contribution in [0, 0.1) is 5.82 Å². The van der Waals surface area contributed by atoms with E-state index in [9.17, 15) is 14.0 Å². The molecular weight excluding hydrogens is 383 g/mol. The van der Waals surface area contributed by atoms with Gasteiger partial charge in [0.1, 0.15) is 17.7 Å². The van der Waals surface area contributed by atoms with Crippen LogP contribution in [0.4, 0.5) is 10.2 Å². The number of aromatic nitrogens is 1. The number of piperazine rings is 1. The van der Waals surface area contributed by atoms with Crippen LogP contribution in [-0.4, -0.2) is 52.8 Å². The van der Waals surface area contributed by atoms with E-state index in [1.165, 1.54) is 18.3 Å². The van der Waals surface area contributed by atoms with E-state index >= 15 is 0 Å². The smallest absolute Gasteiger partial charge is 0.254 e. The first-order valence-corrected chi connectivity index (χ1v) is 9.47. The Hall–Kier alpha value is -2.67. The lowest BCUT2D eigenvalue weighted by atomic mass is 10.0. The Morgan fingerprint density at radius 3 is 2.71 bits per heavy atom. The summed E-state index contributed by atoms with van der Waals surface area (Å²) in [6.45, 7) is 2.82. The maximum Gasteiger partial charge on any atom is 0.254 e. The molecule has 1 aromatic carbocycles. The molecule has 0 saturated carbocycles. The number of halogens is 2. The summed E-state index contributed by atoms with van der Waals surface area (Å²) in [5.41, 5.74) is 6.82. The van der Waals surface area contributed by atoms with Gasteiger partial charge in [-0.25, -0.2) is 9.37 Å². The predicted molar refractivity (Wildman–Crippen MR) is 106 cm³/mol. The molecule has 1 aliphatic rings. The standard InChI is InChI=1S/C20H22ClFN4O2/c1-3-4-17-20(28)25(2)5-6-26(17)19(27)13-7-12(8-15(22)9-13)14-10-16(21)18(23)24-11-14/h7-11,17H,3-6H2,1-2H3,(H2,23,24). The van der Waals surface area contributed by atoms with Gasteiger partial charge in [0.05, 0.1) is 5.02 Å². The lowest BCUT2D eigenvalue weighted by Crippen LogP contribution is -2.57. The molecule has 0 spiro atoms. The van der Waals surface area contributed by atoms with E-state index < -0.39 is 11.9 Å².